The van der Waals surface area contributed by atoms with Gasteiger partial charge in [0.1, 0.15) is 11.2 Å². The van der Waals surface area contributed by atoms with Crippen molar-refractivity contribution in [3.8, 4) is 55.6 Å². The second kappa shape index (κ2) is 15.1. The summed E-state index contributed by atoms with van der Waals surface area (Å²) in [6, 6.07) is 84.9. The SMILES string of the molecule is c1ccc(-c2cc(-c3ccccc3)cc(N(c3ccc(-c4ccc5oc6c(-c7ccccc7)cccc6c5c4)cc3)c3ccc(-c4cccc5ccccc45)cc3)c2)cc1. The fourth-order valence-electron chi connectivity index (χ4n) is 8.68. The lowest BCUT2D eigenvalue weighted by molar-refractivity contribution is 0.670. The standard InChI is InChI=1S/C58H39NO/c1-4-14-40(15-5-1)47-36-48(41-16-6-2-7-17-41)38-51(37-47)59(50-33-28-45(29-34-50)53-23-12-21-43-20-10-11-22-52(43)53)49-31-26-42(27-32-49)46-30-35-57-56(39-46)55-25-13-24-54(58(55)60-57)44-18-8-3-9-19-44/h1-39H. The summed E-state index contributed by atoms with van der Waals surface area (Å²) in [5.74, 6) is 0. The average Bonchev–Trinajstić information content (AvgIpc) is 3.71. The van der Waals surface area contributed by atoms with Crippen molar-refractivity contribution >= 4 is 49.8 Å². The van der Waals surface area contributed by atoms with E-state index in [1.807, 2.05) is 6.07 Å². The van der Waals surface area contributed by atoms with Gasteiger partial charge in [-0.05, 0) is 115 Å². The molecule has 2 heteroatoms. The van der Waals surface area contributed by atoms with Gasteiger partial charge in [0.25, 0.3) is 0 Å². The molecule has 1 heterocycles. The van der Waals surface area contributed by atoms with Gasteiger partial charge in [0, 0.05) is 33.4 Å². The summed E-state index contributed by atoms with van der Waals surface area (Å²) < 4.78 is 6.51. The van der Waals surface area contributed by atoms with Crippen LogP contribution < -0.4 is 4.90 Å². The zero-order valence-corrected chi connectivity index (χ0v) is 32.9. The summed E-state index contributed by atoms with van der Waals surface area (Å²) in [5.41, 5.74) is 16.7. The van der Waals surface area contributed by atoms with Crippen LogP contribution in [0.25, 0.3) is 88.3 Å². The van der Waals surface area contributed by atoms with E-state index in [-0.39, 0.29) is 0 Å². The molecule has 0 saturated carbocycles. The van der Waals surface area contributed by atoms with Crippen LogP contribution in [-0.4, -0.2) is 0 Å². The van der Waals surface area contributed by atoms with Crippen LogP contribution in [0.1, 0.15) is 0 Å². The quantitative estimate of drug-likeness (QED) is 0.153. The lowest BCUT2D eigenvalue weighted by Gasteiger charge is -2.27. The lowest BCUT2D eigenvalue weighted by Crippen LogP contribution is -2.10. The van der Waals surface area contributed by atoms with Crippen LogP contribution in [0.4, 0.5) is 17.1 Å². The smallest absolute Gasteiger partial charge is 0.143 e. The van der Waals surface area contributed by atoms with Crippen molar-refractivity contribution in [1.82, 2.24) is 0 Å². The van der Waals surface area contributed by atoms with Crippen LogP contribution >= 0.6 is 0 Å². The van der Waals surface area contributed by atoms with E-state index >= 15 is 0 Å². The molecule has 0 N–H and O–H groups in total. The van der Waals surface area contributed by atoms with E-state index in [9.17, 15) is 0 Å². The maximum Gasteiger partial charge on any atom is 0.143 e. The molecule has 11 aromatic rings. The fourth-order valence-corrected chi connectivity index (χ4v) is 8.68. The normalized spacial score (nSPS) is 11.3. The Balaban J connectivity index is 1.03. The van der Waals surface area contributed by atoms with E-state index in [4.69, 9.17) is 4.42 Å². The highest BCUT2D eigenvalue weighted by molar-refractivity contribution is 6.10. The third-order valence-electron chi connectivity index (χ3n) is 11.7. The molecule has 0 radical (unpaired) electrons. The molecule has 0 amide bonds. The van der Waals surface area contributed by atoms with Crippen molar-refractivity contribution in [2.75, 3.05) is 4.90 Å². The van der Waals surface area contributed by atoms with E-state index in [1.165, 1.54) is 33.0 Å². The maximum atomic E-state index is 6.51. The molecule has 0 atom stereocenters. The molecule has 0 aliphatic carbocycles. The molecule has 10 aromatic carbocycles. The number of anilines is 3. The van der Waals surface area contributed by atoms with Crippen molar-refractivity contribution in [2.24, 2.45) is 0 Å². The number of benzene rings is 10. The molecular weight excluding hydrogens is 727 g/mol. The predicted molar refractivity (Wildman–Crippen MR) is 253 cm³/mol. The summed E-state index contributed by atoms with van der Waals surface area (Å²) in [7, 11) is 0. The van der Waals surface area contributed by atoms with Crippen LogP contribution in [0.5, 0.6) is 0 Å². The molecule has 0 aliphatic heterocycles. The van der Waals surface area contributed by atoms with E-state index in [0.717, 1.165) is 72.4 Å². The largest absolute Gasteiger partial charge is 0.455 e. The molecular formula is C58H39NO. The predicted octanol–water partition coefficient (Wildman–Crippen LogP) is 16.5. The first-order valence-corrected chi connectivity index (χ1v) is 20.5. The van der Waals surface area contributed by atoms with Crippen molar-refractivity contribution in [2.45, 2.75) is 0 Å². The highest BCUT2D eigenvalue weighted by Crippen LogP contribution is 2.42. The van der Waals surface area contributed by atoms with E-state index in [2.05, 4.69) is 235 Å². The first-order valence-electron chi connectivity index (χ1n) is 20.5. The number of para-hydroxylation sites is 1. The number of rotatable bonds is 8. The number of hydrogen-bond donors (Lipinski definition) is 0. The summed E-state index contributed by atoms with van der Waals surface area (Å²) in [6.45, 7) is 0. The lowest BCUT2D eigenvalue weighted by atomic mass is 9.96. The van der Waals surface area contributed by atoms with E-state index in [1.54, 1.807) is 0 Å². The molecule has 0 unspecified atom stereocenters. The zero-order chi connectivity index (χ0) is 39.8. The monoisotopic (exact) mass is 765 g/mol. The molecule has 282 valence electrons. The zero-order valence-electron chi connectivity index (χ0n) is 32.9. The minimum atomic E-state index is 0.888. The Morgan fingerprint density at radius 1 is 0.267 bits per heavy atom. The van der Waals surface area contributed by atoms with Crippen LogP contribution in [0.3, 0.4) is 0 Å². The maximum absolute atomic E-state index is 6.51. The Labute approximate surface area is 349 Å². The minimum Gasteiger partial charge on any atom is -0.455 e. The van der Waals surface area contributed by atoms with Crippen LogP contribution in [0, 0.1) is 0 Å². The third kappa shape index (κ3) is 6.51. The van der Waals surface area contributed by atoms with Crippen molar-refractivity contribution in [3.63, 3.8) is 0 Å². The fraction of sp³-hybridized carbons (Fsp3) is 0. The highest BCUT2D eigenvalue weighted by Gasteiger charge is 2.18. The van der Waals surface area contributed by atoms with Gasteiger partial charge in [-0.15, -0.1) is 0 Å². The Hall–Kier alpha value is -7.94. The van der Waals surface area contributed by atoms with Crippen molar-refractivity contribution < 1.29 is 4.42 Å². The van der Waals surface area contributed by atoms with Gasteiger partial charge in [0.15, 0.2) is 0 Å². The van der Waals surface area contributed by atoms with Gasteiger partial charge >= 0.3 is 0 Å². The summed E-state index contributed by atoms with van der Waals surface area (Å²) in [6.07, 6.45) is 0. The second-order valence-electron chi connectivity index (χ2n) is 15.3. The van der Waals surface area contributed by atoms with Gasteiger partial charge in [-0.2, -0.15) is 0 Å². The van der Waals surface area contributed by atoms with E-state index < -0.39 is 0 Å². The molecule has 0 bridgehead atoms. The Morgan fingerprint density at radius 3 is 1.42 bits per heavy atom. The first-order chi connectivity index (χ1) is 29.7. The molecule has 0 saturated heterocycles. The van der Waals surface area contributed by atoms with Crippen LogP contribution in [0.2, 0.25) is 0 Å². The topological polar surface area (TPSA) is 16.4 Å². The van der Waals surface area contributed by atoms with Crippen LogP contribution in [-0.2, 0) is 0 Å². The van der Waals surface area contributed by atoms with Crippen molar-refractivity contribution in [3.05, 3.63) is 237 Å². The second-order valence-corrected chi connectivity index (χ2v) is 15.3. The molecule has 11 rings (SSSR count). The minimum absolute atomic E-state index is 0.888. The molecule has 1 aromatic heterocycles. The van der Waals surface area contributed by atoms with Crippen molar-refractivity contribution in [1.29, 1.82) is 0 Å². The molecule has 2 nitrogen and oxygen atoms in total. The molecule has 0 aliphatic rings. The van der Waals surface area contributed by atoms with Gasteiger partial charge in [-0.3, -0.25) is 0 Å². The molecule has 60 heavy (non-hydrogen) atoms. The van der Waals surface area contributed by atoms with Gasteiger partial charge in [-0.25, -0.2) is 0 Å². The number of hydrogen-bond acceptors (Lipinski definition) is 2. The Bertz CT molecular complexity index is 3210. The van der Waals surface area contributed by atoms with Gasteiger partial charge in [0.2, 0.25) is 0 Å². The highest BCUT2D eigenvalue weighted by atomic mass is 16.3. The molecule has 0 spiro atoms. The summed E-state index contributed by atoms with van der Waals surface area (Å²) in [4.78, 5) is 2.38. The number of furan rings is 1. The summed E-state index contributed by atoms with van der Waals surface area (Å²) >= 11 is 0. The Kier molecular flexibility index (Phi) is 8.87. The third-order valence-corrected chi connectivity index (χ3v) is 11.7. The number of nitrogens with zero attached hydrogens (tertiary/aromatic N) is 1. The van der Waals surface area contributed by atoms with Gasteiger partial charge in [0.05, 0.1) is 0 Å². The summed E-state index contributed by atoms with van der Waals surface area (Å²) in [5, 5.41) is 4.73. The van der Waals surface area contributed by atoms with Gasteiger partial charge < -0.3 is 9.32 Å². The Morgan fingerprint density at radius 2 is 0.750 bits per heavy atom. The first kappa shape index (κ1) is 35.2. The average molecular weight is 766 g/mol. The molecule has 0 fully saturated rings. The van der Waals surface area contributed by atoms with Crippen LogP contribution in [0.15, 0.2) is 241 Å². The van der Waals surface area contributed by atoms with E-state index in [0.29, 0.717) is 0 Å². The number of fused-ring (bicyclic) bond motifs is 4. The van der Waals surface area contributed by atoms with Gasteiger partial charge in [-0.1, -0.05) is 182 Å².